The van der Waals surface area contributed by atoms with E-state index in [-0.39, 0.29) is 11.7 Å². The molecule has 1 saturated heterocycles. The van der Waals surface area contributed by atoms with Crippen LogP contribution in [0, 0.1) is 6.92 Å². The van der Waals surface area contributed by atoms with Gasteiger partial charge < -0.3 is 19.3 Å². The first kappa shape index (κ1) is 15.9. The number of amides is 1. The van der Waals surface area contributed by atoms with Crippen LogP contribution in [0.25, 0.3) is 0 Å². The Morgan fingerprint density at radius 2 is 2.19 bits per heavy atom. The molecular formula is C14H23N3O4. The molecule has 0 radical (unpaired) electrons. The van der Waals surface area contributed by atoms with E-state index >= 15 is 0 Å². The van der Waals surface area contributed by atoms with Gasteiger partial charge in [0.2, 0.25) is 5.76 Å². The number of aryl methyl sites for hydroxylation is 1. The summed E-state index contributed by atoms with van der Waals surface area (Å²) in [6.45, 7) is 7.95. The van der Waals surface area contributed by atoms with Crippen LogP contribution < -0.4 is 0 Å². The SMILES string of the molecule is CCOC[C@H](O)CN1CCN(C(=O)c2cc(C)no2)CC1. The number of nitrogens with zero attached hydrogens (tertiary/aromatic N) is 3. The van der Waals surface area contributed by atoms with Crippen LogP contribution in [0.1, 0.15) is 23.2 Å². The van der Waals surface area contributed by atoms with Gasteiger partial charge in [-0.2, -0.15) is 0 Å². The van der Waals surface area contributed by atoms with Crippen molar-refractivity contribution in [2.24, 2.45) is 0 Å². The van der Waals surface area contributed by atoms with Crippen LogP contribution in [0.5, 0.6) is 0 Å². The van der Waals surface area contributed by atoms with E-state index in [1.165, 1.54) is 0 Å². The van der Waals surface area contributed by atoms with Gasteiger partial charge in [0.15, 0.2) is 0 Å². The summed E-state index contributed by atoms with van der Waals surface area (Å²) >= 11 is 0. The maximum absolute atomic E-state index is 12.2. The third-order valence-corrected chi connectivity index (χ3v) is 3.48. The minimum absolute atomic E-state index is 0.120. The molecule has 2 rings (SSSR count). The van der Waals surface area contributed by atoms with Gasteiger partial charge >= 0.3 is 0 Å². The van der Waals surface area contributed by atoms with E-state index in [0.29, 0.717) is 38.5 Å². The molecule has 1 N–H and O–H groups in total. The molecule has 1 fully saturated rings. The number of piperazine rings is 1. The van der Waals surface area contributed by atoms with Gasteiger partial charge in [0.1, 0.15) is 0 Å². The second-order valence-corrected chi connectivity index (χ2v) is 5.24. The largest absolute Gasteiger partial charge is 0.389 e. The molecule has 7 nitrogen and oxygen atoms in total. The number of ether oxygens (including phenoxy) is 1. The van der Waals surface area contributed by atoms with Gasteiger partial charge in [-0.05, 0) is 13.8 Å². The zero-order valence-corrected chi connectivity index (χ0v) is 12.6. The van der Waals surface area contributed by atoms with Crippen LogP contribution >= 0.6 is 0 Å². The van der Waals surface area contributed by atoms with E-state index in [2.05, 4.69) is 10.1 Å². The predicted molar refractivity (Wildman–Crippen MR) is 76.1 cm³/mol. The molecule has 1 atom stereocenters. The average Bonchev–Trinajstić information content (AvgIpc) is 2.92. The van der Waals surface area contributed by atoms with Crippen LogP contribution in [-0.4, -0.2) is 78.0 Å². The number of β-amino-alcohol motifs (C(OH)–C–C–N with tert-alkyl or cyclic N) is 1. The Hall–Kier alpha value is -1.44. The van der Waals surface area contributed by atoms with Crippen molar-refractivity contribution in [2.45, 2.75) is 20.0 Å². The fraction of sp³-hybridized carbons (Fsp3) is 0.714. The monoisotopic (exact) mass is 297 g/mol. The van der Waals surface area contributed by atoms with Crippen molar-refractivity contribution in [3.8, 4) is 0 Å². The van der Waals surface area contributed by atoms with Crippen LogP contribution in [0.3, 0.4) is 0 Å². The Kier molecular flexibility index (Phi) is 5.72. The van der Waals surface area contributed by atoms with Gasteiger partial charge in [0.25, 0.3) is 5.91 Å². The van der Waals surface area contributed by atoms with E-state index < -0.39 is 6.10 Å². The second kappa shape index (κ2) is 7.53. The number of carbonyl (C=O) groups excluding carboxylic acids is 1. The van der Waals surface area contributed by atoms with Crippen molar-refractivity contribution in [3.05, 3.63) is 17.5 Å². The Balaban J connectivity index is 1.76. The molecule has 1 aromatic heterocycles. The number of hydrogen-bond acceptors (Lipinski definition) is 6. The molecule has 118 valence electrons. The molecule has 1 amide bonds. The van der Waals surface area contributed by atoms with Gasteiger partial charge in [0, 0.05) is 45.4 Å². The van der Waals surface area contributed by atoms with E-state index in [1.54, 1.807) is 17.9 Å². The molecule has 0 bridgehead atoms. The summed E-state index contributed by atoms with van der Waals surface area (Å²) in [7, 11) is 0. The molecule has 0 aliphatic carbocycles. The third kappa shape index (κ3) is 4.52. The van der Waals surface area contributed by atoms with Crippen molar-refractivity contribution >= 4 is 5.91 Å². The Bertz CT molecular complexity index is 455. The van der Waals surface area contributed by atoms with E-state index in [9.17, 15) is 9.90 Å². The van der Waals surface area contributed by atoms with Crippen molar-refractivity contribution in [2.75, 3.05) is 45.9 Å². The van der Waals surface area contributed by atoms with Crippen LogP contribution in [-0.2, 0) is 4.74 Å². The number of carbonyl (C=O) groups is 1. The Morgan fingerprint density at radius 1 is 1.48 bits per heavy atom. The van der Waals surface area contributed by atoms with Gasteiger partial charge in [-0.15, -0.1) is 0 Å². The number of aliphatic hydroxyl groups excluding tert-OH is 1. The fourth-order valence-corrected chi connectivity index (χ4v) is 2.36. The van der Waals surface area contributed by atoms with E-state index in [4.69, 9.17) is 9.26 Å². The van der Waals surface area contributed by atoms with Crippen molar-refractivity contribution < 1.29 is 19.2 Å². The van der Waals surface area contributed by atoms with Gasteiger partial charge in [-0.25, -0.2) is 0 Å². The van der Waals surface area contributed by atoms with Gasteiger partial charge in [-0.1, -0.05) is 5.16 Å². The summed E-state index contributed by atoms with van der Waals surface area (Å²) < 4.78 is 10.2. The third-order valence-electron chi connectivity index (χ3n) is 3.48. The fourth-order valence-electron chi connectivity index (χ4n) is 2.36. The summed E-state index contributed by atoms with van der Waals surface area (Å²) in [4.78, 5) is 16.1. The first-order valence-corrected chi connectivity index (χ1v) is 7.31. The van der Waals surface area contributed by atoms with Gasteiger partial charge in [0.05, 0.1) is 18.4 Å². The molecule has 0 saturated carbocycles. The van der Waals surface area contributed by atoms with E-state index in [0.717, 1.165) is 13.1 Å². The molecule has 7 heteroatoms. The lowest BCUT2D eigenvalue weighted by molar-refractivity contribution is 0.0106. The molecule has 1 aliphatic rings. The van der Waals surface area contributed by atoms with Crippen LogP contribution in [0.4, 0.5) is 0 Å². The molecule has 2 heterocycles. The normalized spacial score (nSPS) is 18.0. The zero-order valence-electron chi connectivity index (χ0n) is 12.6. The highest BCUT2D eigenvalue weighted by atomic mass is 16.5. The zero-order chi connectivity index (χ0) is 15.2. The average molecular weight is 297 g/mol. The smallest absolute Gasteiger partial charge is 0.292 e. The highest BCUT2D eigenvalue weighted by Crippen LogP contribution is 2.10. The number of aliphatic hydroxyl groups is 1. The maximum atomic E-state index is 12.2. The minimum Gasteiger partial charge on any atom is -0.389 e. The molecule has 21 heavy (non-hydrogen) atoms. The summed E-state index contributed by atoms with van der Waals surface area (Å²) in [5.74, 6) is 0.169. The van der Waals surface area contributed by atoms with Crippen molar-refractivity contribution in [1.82, 2.24) is 15.0 Å². The van der Waals surface area contributed by atoms with Crippen molar-refractivity contribution in [1.29, 1.82) is 0 Å². The standard InChI is InChI=1S/C14H23N3O4/c1-3-20-10-12(18)9-16-4-6-17(7-5-16)14(19)13-8-11(2)15-21-13/h8,12,18H,3-7,9-10H2,1-2H3/t12-/m1/s1. The lowest BCUT2D eigenvalue weighted by atomic mass is 10.2. The molecule has 1 aromatic rings. The molecule has 0 unspecified atom stereocenters. The summed E-state index contributed by atoms with van der Waals surface area (Å²) in [5.41, 5.74) is 0.705. The minimum atomic E-state index is -0.482. The molecular weight excluding hydrogens is 274 g/mol. The number of aromatic nitrogens is 1. The summed E-state index contributed by atoms with van der Waals surface area (Å²) in [6, 6.07) is 1.65. The first-order valence-electron chi connectivity index (χ1n) is 7.31. The van der Waals surface area contributed by atoms with Crippen LogP contribution in [0.2, 0.25) is 0 Å². The summed E-state index contributed by atoms with van der Waals surface area (Å²) in [5, 5.41) is 13.6. The number of rotatable bonds is 6. The molecule has 0 spiro atoms. The first-order chi connectivity index (χ1) is 10.1. The Labute approximate surface area is 124 Å². The van der Waals surface area contributed by atoms with Gasteiger partial charge in [-0.3, -0.25) is 9.69 Å². The topological polar surface area (TPSA) is 79.0 Å². The molecule has 0 aromatic carbocycles. The van der Waals surface area contributed by atoms with Crippen molar-refractivity contribution in [3.63, 3.8) is 0 Å². The molecule has 1 aliphatic heterocycles. The number of hydrogen-bond donors (Lipinski definition) is 1. The predicted octanol–water partition coefficient (Wildman–Crippen LogP) is 0.138. The van der Waals surface area contributed by atoms with E-state index in [1.807, 2.05) is 6.92 Å². The highest BCUT2D eigenvalue weighted by Gasteiger charge is 2.25. The van der Waals surface area contributed by atoms with Crippen LogP contribution in [0.15, 0.2) is 10.6 Å². The lowest BCUT2D eigenvalue weighted by Gasteiger charge is -2.35. The quantitative estimate of drug-likeness (QED) is 0.804. The second-order valence-electron chi connectivity index (χ2n) is 5.24. The maximum Gasteiger partial charge on any atom is 0.292 e. The Morgan fingerprint density at radius 3 is 2.76 bits per heavy atom. The summed E-state index contributed by atoms with van der Waals surface area (Å²) in [6.07, 6.45) is -0.482. The lowest BCUT2D eigenvalue weighted by Crippen LogP contribution is -2.50. The highest BCUT2D eigenvalue weighted by molar-refractivity contribution is 5.91.